The number of carbonyl (C=O) groups is 1. The number of rotatable bonds is 3. The van der Waals surface area contributed by atoms with Crippen molar-refractivity contribution in [1.82, 2.24) is 5.32 Å². The molecule has 92 valence electrons. The van der Waals surface area contributed by atoms with E-state index in [4.69, 9.17) is 10.5 Å². The molecular formula is C13H18N2O2. The summed E-state index contributed by atoms with van der Waals surface area (Å²) in [4.78, 5) is 11.6. The number of carbonyl (C=O) groups excluding carboxylic acids is 1. The predicted octanol–water partition coefficient (Wildman–Crippen LogP) is 1.22. The zero-order valence-corrected chi connectivity index (χ0v) is 9.98. The Morgan fingerprint density at radius 2 is 2.24 bits per heavy atom. The number of para-hydroxylation sites is 1. The lowest BCUT2D eigenvalue weighted by atomic mass is 9.88. The molecule has 17 heavy (non-hydrogen) atoms. The van der Waals surface area contributed by atoms with E-state index in [1.165, 1.54) is 0 Å². The lowest BCUT2D eigenvalue weighted by Crippen LogP contribution is -2.39. The largest absolute Gasteiger partial charge is 0.496 e. The van der Waals surface area contributed by atoms with Gasteiger partial charge in [0, 0.05) is 12.0 Å². The molecule has 0 bridgehead atoms. The van der Waals surface area contributed by atoms with Crippen LogP contribution in [0.5, 0.6) is 5.75 Å². The molecule has 0 aliphatic carbocycles. The molecule has 3 N–H and O–H groups in total. The predicted molar refractivity (Wildman–Crippen MR) is 65.7 cm³/mol. The van der Waals surface area contributed by atoms with Gasteiger partial charge in [0.15, 0.2) is 0 Å². The van der Waals surface area contributed by atoms with Crippen molar-refractivity contribution in [3.8, 4) is 5.75 Å². The molecule has 2 rings (SSSR count). The van der Waals surface area contributed by atoms with E-state index in [1.807, 2.05) is 24.3 Å². The first-order valence-corrected chi connectivity index (χ1v) is 5.87. The zero-order chi connectivity index (χ0) is 12.3. The Hall–Kier alpha value is -1.55. The van der Waals surface area contributed by atoms with Gasteiger partial charge >= 0.3 is 0 Å². The minimum atomic E-state index is 0.0148. The molecule has 2 unspecified atom stereocenters. The first kappa shape index (κ1) is 11.9. The summed E-state index contributed by atoms with van der Waals surface area (Å²) in [7, 11) is 1.64. The monoisotopic (exact) mass is 234 g/mol. The Kier molecular flexibility index (Phi) is 3.64. The van der Waals surface area contributed by atoms with Crippen LogP contribution in [0.25, 0.3) is 0 Å². The Balaban J connectivity index is 2.23. The van der Waals surface area contributed by atoms with Gasteiger partial charge in [-0.25, -0.2) is 0 Å². The minimum Gasteiger partial charge on any atom is -0.496 e. The Bertz CT molecular complexity index is 406. The summed E-state index contributed by atoms with van der Waals surface area (Å²) in [5.41, 5.74) is 6.69. The third-order valence-electron chi connectivity index (χ3n) is 3.23. The molecule has 1 amide bonds. The fourth-order valence-corrected chi connectivity index (χ4v) is 2.33. The lowest BCUT2D eigenvalue weighted by molar-refractivity contribution is -0.124. The molecule has 0 spiro atoms. The molecule has 0 saturated carbocycles. The highest BCUT2D eigenvalue weighted by Crippen LogP contribution is 2.32. The van der Waals surface area contributed by atoms with Gasteiger partial charge in [-0.05, 0) is 24.9 Å². The molecule has 1 aliphatic heterocycles. The van der Waals surface area contributed by atoms with E-state index in [1.54, 1.807) is 7.11 Å². The van der Waals surface area contributed by atoms with Crippen LogP contribution in [0.15, 0.2) is 24.3 Å². The second-order valence-corrected chi connectivity index (χ2v) is 4.40. The Morgan fingerprint density at radius 1 is 1.47 bits per heavy atom. The second kappa shape index (κ2) is 5.19. The van der Waals surface area contributed by atoms with E-state index < -0.39 is 0 Å². The maximum atomic E-state index is 11.6. The highest BCUT2D eigenvalue weighted by Gasteiger charge is 2.28. The van der Waals surface area contributed by atoms with Crippen LogP contribution < -0.4 is 15.8 Å². The van der Waals surface area contributed by atoms with Crippen LogP contribution >= 0.6 is 0 Å². The van der Waals surface area contributed by atoms with E-state index >= 15 is 0 Å². The molecule has 1 aromatic carbocycles. The zero-order valence-electron chi connectivity index (χ0n) is 9.98. The van der Waals surface area contributed by atoms with Crippen molar-refractivity contribution in [2.45, 2.75) is 18.9 Å². The van der Waals surface area contributed by atoms with Crippen LogP contribution in [0.1, 0.15) is 24.4 Å². The molecule has 1 fully saturated rings. The number of hydrogen-bond donors (Lipinski definition) is 2. The van der Waals surface area contributed by atoms with Crippen LogP contribution in [0.3, 0.4) is 0 Å². The average molecular weight is 234 g/mol. The summed E-state index contributed by atoms with van der Waals surface area (Å²) in [5.74, 6) is 1.15. The Labute approximate surface area is 101 Å². The molecule has 1 heterocycles. The second-order valence-electron chi connectivity index (χ2n) is 4.40. The summed E-state index contributed by atoms with van der Waals surface area (Å²) < 4.78 is 5.32. The summed E-state index contributed by atoms with van der Waals surface area (Å²) in [5, 5.41) is 3.00. The quantitative estimate of drug-likeness (QED) is 0.826. The highest BCUT2D eigenvalue weighted by molar-refractivity contribution is 5.77. The van der Waals surface area contributed by atoms with Crippen LogP contribution in [-0.2, 0) is 4.79 Å². The first-order chi connectivity index (χ1) is 8.24. The Morgan fingerprint density at radius 3 is 2.94 bits per heavy atom. The molecular weight excluding hydrogens is 216 g/mol. The van der Waals surface area contributed by atoms with Gasteiger partial charge in [-0.2, -0.15) is 0 Å². The normalized spacial score (nSPS) is 24.2. The van der Waals surface area contributed by atoms with E-state index in [0.29, 0.717) is 13.0 Å². The summed E-state index contributed by atoms with van der Waals surface area (Å²) >= 11 is 0. The van der Waals surface area contributed by atoms with E-state index in [2.05, 4.69) is 5.32 Å². The first-order valence-electron chi connectivity index (χ1n) is 5.87. The molecule has 1 aliphatic rings. The number of amides is 1. The molecule has 1 saturated heterocycles. The number of nitrogens with two attached hydrogens (primary N) is 1. The van der Waals surface area contributed by atoms with Crippen molar-refractivity contribution in [3.05, 3.63) is 29.8 Å². The fourth-order valence-electron chi connectivity index (χ4n) is 2.33. The van der Waals surface area contributed by atoms with Crippen LogP contribution in [-0.4, -0.2) is 19.6 Å². The van der Waals surface area contributed by atoms with Gasteiger partial charge < -0.3 is 15.8 Å². The lowest BCUT2D eigenvalue weighted by Gasteiger charge is -2.30. The molecule has 2 atom stereocenters. The molecule has 4 heteroatoms. The van der Waals surface area contributed by atoms with E-state index in [-0.39, 0.29) is 17.9 Å². The maximum Gasteiger partial charge on any atom is 0.220 e. The number of benzene rings is 1. The van der Waals surface area contributed by atoms with Gasteiger partial charge in [0.2, 0.25) is 5.91 Å². The smallest absolute Gasteiger partial charge is 0.220 e. The number of methoxy groups -OCH3 is 1. The van der Waals surface area contributed by atoms with Crippen molar-refractivity contribution in [3.63, 3.8) is 0 Å². The van der Waals surface area contributed by atoms with Crippen molar-refractivity contribution >= 4 is 5.91 Å². The van der Waals surface area contributed by atoms with Gasteiger partial charge in [0.1, 0.15) is 5.75 Å². The number of piperidine rings is 1. The van der Waals surface area contributed by atoms with Gasteiger partial charge in [0.25, 0.3) is 0 Å². The van der Waals surface area contributed by atoms with Gasteiger partial charge in [0.05, 0.1) is 13.2 Å². The third kappa shape index (κ3) is 2.58. The van der Waals surface area contributed by atoms with Crippen molar-refractivity contribution < 1.29 is 9.53 Å². The van der Waals surface area contributed by atoms with Crippen LogP contribution in [0, 0.1) is 5.92 Å². The minimum absolute atomic E-state index is 0.0148. The van der Waals surface area contributed by atoms with Crippen molar-refractivity contribution in [2.75, 3.05) is 13.7 Å². The summed E-state index contributed by atoms with van der Waals surface area (Å²) in [6, 6.07) is 7.79. The number of hydrogen-bond acceptors (Lipinski definition) is 3. The molecule has 0 radical (unpaired) electrons. The van der Waals surface area contributed by atoms with E-state index in [0.717, 1.165) is 17.7 Å². The average Bonchev–Trinajstić information content (AvgIpc) is 2.37. The standard InChI is InChI=1S/C13H18N2O2/c1-17-12-5-3-2-4-10(12)11-6-9(8-14)7-13(16)15-11/h2-5,9,11H,6-8,14H2,1H3,(H,15,16). The summed E-state index contributed by atoms with van der Waals surface area (Å²) in [6.07, 6.45) is 1.41. The van der Waals surface area contributed by atoms with Gasteiger partial charge in [-0.15, -0.1) is 0 Å². The van der Waals surface area contributed by atoms with Gasteiger partial charge in [-0.1, -0.05) is 18.2 Å². The van der Waals surface area contributed by atoms with E-state index in [9.17, 15) is 4.79 Å². The van der Waals surface area contributed by atoms with Gasteiger partial charge in [-0.3, -0.25) is 4.79 Å². The molecule has 1 aromatic rings. The molecule has 4 nitrogen and oxygen atoms in total. The number of ether oxygens (including phenoxy) is 1. The molecule has 0 aromatic heterocycles. The van der Waals surface area contributed by atoms with Crippen molar-refractivity contribution in [2.24, 2.45) is 11.7 Å². The number of nitrogens with one attached hydrogen (secondary N) is 1. The van der Waals surface area contributed by atoms with Crippen LogP contribution in [0.4, 0.5) is 0 Å². The van der Waals surface area contributed by atoms with Crippen LogP contribution in [0.2, 0.25) is 0 Å². The fraction of sp³-hybridized carbons (Fsp3) is 0.462. The third-order valence-corrected chi connectivity index (χ3v) is 3.23. The SMILES string of the molecule is COc1ccccc1C1CC(CN)CC(=O)N1. The topological polar surface area (TPSA) is 64.3 Å². The maximum absolute atomic E-state index is 11.6. The highest BCUT2D eigenvalue weighted by atomic mass is 16.5. The van der Waals surface area contributed by atoms with Crippen molar-refractivity contribution in [1.29, 1.82) is 0 Å². The summed E-state index contributed by atoms with van der Waals surface area (Å²) in [6.45, 7) is 0.555.